The predicted molar refractivity (Wildman–Crippen MR) is 85.5 cm³/mol. The van der Waals surface area contributed by atoms with Crippen LogP contribution in [0.2, 0.25) is 0 Å². The van der Waals surface area contributed by atoms with E-state index in [1.54, 1.807) is 0 Å². The van der Waals surface area contributed by atoms with Gasteiger partial charge < -0.3 is 10.0 Å². The summed E-state index contributed by atoms with van der Waals surface area (Å²) in [5.41, 5.74) is 3.69. The summed E-state index contributed by atoms with van der Waals surface area (Å²) in [5, 5.41) is 12.4. The molecule has 2 nitrogen and oxygen atoms in total. The lowest BCUT2D eigenvalue weighted by molar-refractivity contribution is 0.174. The smallest absolute Gasteiger partial charge is 0.0807 e. The fourth-order valence-electron chi connectivity index (χ4n) is 3.09. The van der Waals surface area contributed by atoms with E-state index in [9.17, 15) is 5.11 Å². The van der Waals surface area contributed by atoms with Gasteiger partial charge >= 0.3 is 0 Å². The average molecular weight is 287 g/mol. The second kappa shape index (κ2) is 5.58. The van der Waals surface area contributed by atoms with Gasteiger partial charge in [0.2, 0.25) is 0 Å². The third-order valence-electron chi connectivity index (χ3n) is 4.27. The Morgan fingerprint density at radius 2 is 2.15 bits per heavy atom. The van der Waals surface area contributed by atoms with Crippen LogP contribution < -0.4 is 4.90 Å². The first-order valence-electron chi connectivity index (χ1n) is 7.32. The van der Waals surface area contributed by atoms with Crippen LogP contribution in [-0.2, 0) is 6.42 Å². The van der Waals surface area contributed by atoms with Gasteiger partial charge in [0.15, 0.2) is 0 Å². The van der Waals surface area contributed by atoms with E-state index in [0.29, 0.717) is 6.04 Å². The van der Waals surface area contributed by atoms with Crippen LogP contribution in [0.4, 0.5) is 5.69 Å². The number of fused-ring (bicyclic) bond motifs is 1. The van der Waals surface area contributed by atoms with Crippen LogP contribution in [0.3, 0.4) is 0 Å². The molecule has 0 spiro atoms. The summed E-state index contributed by atoms with van der Waals surface area (Å²) < 4.78 is 0. The third kappa shape index (κ3) is 2.25. The molecule has 1 aliphatic heterocycles. The molecule has 2 aromatic rings. The van der Waals surface area contributed by atoms with Crippen molar-refractivity contribution in [3.8, 4) is 0 Å². The number of nitrogens with zero attached hydrogens (tertiary/aromatic N) is 1. The molecule has 1 aromatic carbocycles. The fraction of sp³-hybridized carbons (Fsp3) is 0.412. The van der Waals surface area contributed by atoms with Crippen LogP contribution in [0, 0.1) is 0 Å². The molecule has 0 bridgehead atoms. The van der Waals surface area contributed by atoms with Crippen molar-refractivity contribution in [1.82, 2.24) is 0 Å². The van der Waals surface area contributed by atoms with Gasteiger partial charge in [-0.15, -0.1) is 11.3 Å². The summed E-state index contributed by atoms with van der Waals surface area (Å²) in [4.78, 5) is 3.95. The summed E-state index contributed by atoms with van der Waals surface area (Å²) in [6.07, 6.45) is 1.49. The SMILES string of the molecule is CC[C@@H](O)c1ccccc1N1CCc2sccc2C1C. The predicted octanol–water partition coefficient (Wildman–Crippen LogP) is 4.32. The molecule has 1 N–H and O–H groups in total. The fourth-order valence-corrected chi connectivity index (χ4v) is 4.05. The van der Waals surface area contributed by atoms with Crippen LogP contribution in [0.5, 0.6) is 0 Å². The van der Waals surface area contributed by atoms with E-state index < -0.39 is 0 Å². The minimum atomic E-state index is -0.373. The maximum absolute atomic E-state index is 10.3. The van der Waals surface area contributed by atoms with E-state index in [-0.39, 0.29) is 6.10 Å². The van der Waals surface area contributed by atoms with Crippen LogP contribution in [0.1, 0.15) is 48.4 Å². The number of anilines is 1. The van der Waals surface area contributed by atoms with Crippen molar-refractivity contribution in [3.05, 3.63) is 51.7 Å². The number of para-hydroxylation sites is 1. The van der Waals surface area contributed by atoms with Gasteiger partial charge in [-0.3, -0.25) is 0 Å². The molecule has 1 unspecified atom stereocenters. The summed E-state index contributed by atoms with van der Waals surface area (Å²) in [6.45, 7) is 5.32. The summed E-state index contributed by atoms with van der Waals surface area (Å²) in [7, 11) is 0. The molecule has 0 saturated carbocycles. The average Bonchev–Trinajstić information content (AvgIpc) is 2.96. The van der Waals surface area contributed by atoms with Crippen LogP contribution in [0.15, 0.2) is 35.7 Å². The Kier molecular flexibility index (Phi) is 3.81. The number of rotatable bonds is 3. The summed E-state index contributed by atoms with van der Waals surface area (Å²) >= 11 is 1.87. The van der Waals surface area contributed by atoms with Gasteiger partial charge in [0.25, 0.3) is 0 Å². The van der Waals surface area contributed by atoms with Gasteiger partial charge in [-0.2, -0.15) is 0 Å². The number of thiophene rings is 1. The van der Waals surface area contributed by atoms with Crippen molar-refractivity contribution in [2.75, 3.05) is 11.4 Å². The Morgan fingerprint density at radius 1 is 1.35 bits per heavy atom. The Labute approximate surface area is 124 Å². The van der Waals surface area contributed by atoms with Crippen LogP contribution in [-0.4, -0.2) is 11.7 Å². The van der Waals surface area contributed by atoms with E-state index in [1.807, 2.05) is 24.3 Å². The summed E-state index contributed by atoms with van der Waals surface area (Å²) in [6, 6.07) is 10.9. The molecular weight excluding hydrogens is 266 g/mol. The maximum Gasteiger partial charge on any atom is 0.0807 e. The zero-order valence-electron chi connectivity index (χ0n) is 12.0. The van der Waals surface area contributed by atoms with Gasteiger partial charge in [-0.1, -0.05) is 25.1 Å². The third-order valence-corrected chi connectivity index (χ3v) is 5.27. The summed E-state index contributed by atoms with van der Waals surface area (Å²) in [5.74, 6) is 0. The van der Waals surface area contributed by atoms with Gasteiger partial charge in [0, 0.05) is 22.7 Å². The Morgan fingerprint density at radius 3 is 2.95 bits per heavy atom. The molecule has 0 aliphatic carbocycles. The Balaban J connectivity index is 1.98. The number of benzene rings is 1. The Hall–Kier alpha value is -1.32. The number of aliphatic hydroxyl groups excluding tert-OH is 1. The lowest BCUT2D eigenvalue weighted by Crippen LogP contribution is -2.34. The Bertz CT molecular complexity index is 592. The zero-order valence-corrected chi connectivity index (χ0v) is 12.9. The normalized spacial score (nSPS) is 19.8. The minimum Gasteiger partial charge on any atom is -0.388 e. The van der Waals surface area contributed by atoms with E-state index in [2.05, 4.69) is 41.5 Å². The monoisotopic (exact) mass is 287 g/mol. The van der Waals surface area contributed by atoms with Crippen molar-refractivity contribution in [1.29, 1.82) is 0 Å². The van der Waals surface area contributed by atoms with Crippen LogP contribution in [0.25, 0.3) is 0 Å². The van der Waals surface area contributed by atoms with Crippen molar-refractivity contribution in [2.45, 2.75) is 38.8 Å². The topological polar surface area (TPSA) is 23.5 Å². The van der Waals surface area contributed by atoms with Gasteiger partial charge in [-0.05, 0) is 42.8 Å². The molecular formula is C17H21NOS. The van der Waals surface area contributed by atoms with Crippen molar-refractivity contribution in [2.24, 2.45) is 0 Å². The molecule has 1 aliphatic rings. The molecule has 2 heterocycles. The molecule has 0 saturated heterocycles. The first-order valence-corrected chi connectivity index (χ1v) is 8.20. The lowest BCUT2D eigenvalue weighted by Gasteiger charge is -2.37. The minimum absolute atomic E-state index is 0.373. The molecule has 0 fully saturated rings. The highest BCUT2D eigenvalue weighted by Crippen LogP contribution is 2.38. The molecule has 3 heteroatoms. The highest BCUT2D eigenvalue weighted by molar-refractivity contribution is 7.10. The molecule has 0 radical (unpaired) electrons. The van der Waals surface area contributed by atoms with Crippen molar-refractivity contribution >= 4 is 17.0 Å². The molecule has 0 amide bonds. The number of aliphatic hydroxyl groups is 1. The van der Waals surface area contributed by atoms with Gasteiger partial charge in [0.05, 0.1) is 12.1 Å². The van der Waals surface area contributed by atoms with E-state index in [4.69, 9.17) is 0 Å². The van der Waals surface area contributed by atoms with E-state index in [1.165, 1.54) is 16.1 Å². The standard InChI is InChI=1S/C17H21NOS/c1-3-16(19)14-6-4-5-7-15(14)18-10-8-17-13(12(18)2)9-11-20-17/h4-7,9,11-12,16,19H,3,8,10H2,1-2H3/t12?,16-/m1/s1. The zero-order chi connectivity index (χ0) is 14.1. The first kappa shape index (κ1) is 13.7. The highest BCUT2D eigenvalue weighted by Gasteiger charge is 2.27. The number of hydrogen-bond donors (Lipinski definition) is 1. The second-order valence-corrected chi connectivity index (χ2v) is 6.40. The van der Waals surface area contributed by atoms with Gasteiger partial charge in [0.1, 0.15) is 0 Å². The molecule has 20 heavy (non-hydrogen) atoms. The molecule has 1 aromatic heterocycles. The largest absolute Gasteiger partial charge is 0.388 e. The van der Waals surface area contributed by atoms with E-state index >= 15 is 0 Å². The lowest BCUT2D eigenvalue weighted by atomic mass is 9.97. The van der Waals surface area contributed by atoms with Crippen molar-refractivity contribution < 1.29 is 5.11 Å². The quantitative estimate of drug-likeness (QED) is 0.909. The second-order valence-electron chi connectivity index (χ2n) is 5.40. The molecule has 106 valence electrons. The highest BCUT2D eigenvalue weighted by atomic mass is 32.1. The first-order chi connectivity index (χ1) is 9.72. The molecule has 2 atom stereocenters. The maximum atomic E-state index is 10.3. The van der Waals surface area contributed by atoms with Crippen molar-refractivity contribution in [3.63, 3.8) is 0 Å². The van der Waals surface area contributed by atoms with Gasteiger partial charge in [-0.25, -0.2) is 0 Å². The van der Waals surface area contributed by atoms with E-state index in [0.717, 1.165) is 24.9 Å². The molecule has 3 rings (SSSR count). The number of hydrogen-bond acceptors (Lipinski definition) is 3. The van der Waals surface area contributed by atoms with Crippen LogP contribution >= 0.6 is 11.3 Å².